The highest BCUT2D eigenvalue weighted by Gasteiger charge is 2.09. The van der Waals surface area contributed by atoms with Crippen LogP contribution in [0.5, 0.6) is 0 Å². The Morgan fingerprint density at radius 3 is 2.72 bits per heavy atom. The van der Waals surface area contributed by atoms with Crippen molar-refractivity contribution in [1.29, 1.82) is 0 Å². The second-order valence-corrected chi connectivity index (χ2v) is 4.75. The summed E-state index contributed by atoms with van der Waals surface area (Å²) in [7, 11) is 0. The molecule has 1 rings (SSSR count). The first-order valence-corrected chi connectivity index (χ1v) is 6.42. The third-order valence-corrected chi connectivity index (χ3v) is 3.03. The van der Waals surface area contributed by atoms with Gasteiger partial charge >= 0.3 is 0 Å². The highest BCUT2D eigenvalue weighted by molar-refractivity contribution is 5.75. The Balaban J connectivity index is 2.24. The van der Waals surface area contributed by atoms with Crippen LogP contribution in [0.3, 0.4) is 0 Å². The van der Waals surface area contributed by atoms with Crippen LogP contribution in [0.1, 0.15) is 43.5 Å². The molecule has 0 aromatic carbocycles. The molecule has 18 heavy (non-hydrogen) atoms. The molecule has 1 atom stereocenters. The molecule has 1 aromatic heterocycles. The lowest BCUT2D eigenvalue weighted by atomic mass is 10.0. The number of aryl methyl sites for hydroxylation is 2. The second-order valence-electron chi connectivity index (χ2n) is 4.75. The quantitative estimate of drug-likeness (QED) is 0.774. The Morgan fingerprint density at radius 2 is 2.17 bits per heavy atom. The molecule has 1 amide bonds. The van der Waals surface area contributed by atoms with E-state index in [2.05, 4.69) is 17.2 Å². The van der Waals surface area contributed by atoms with Crippen molar-refractivity contribution in [3.05, 3.63) is 17.3 Å². The van der Waals surface area contributed by atoms with E-state index in [1.54, 1.807) is 0 Å². The number of aromatic nitrogens is 1. The van der Waals surface area contributed by atoms with Gasteiger partial charge in [-0.2, -0.15) is 0 Å². The van der Waals surface area contributed by atoms with E-state index >= 15 is 0 Å². The van der Waals surface area contributed by atoms with Crippen LogP contribution in [0.2, 0.25) is 0 Å². The first kappa shape index (κ1) is 14.7. The highest BCUT2D eigenvalue weighted by atomic mass is 16.4. The van der Waals surface area contributed by atoms with Crippen LogP contribution < -0.4 is 11.1 Å². The normalized spacial score (nSPS) is 12.4. The average molecular weight is 253 g/mol. The second kappa shape index (κ2) is 7.16. The molecule has 102 valence electrons. The summed E-state index contributed by atoms with van der Waals surface area (Å²) in [5.74, 6) is 1.89. The number of amides is 1. The molecule has 0 radical (unpaired) electrons. The fourth-order valence-electron chi connectivity index (χ4n) is 1.68. The van der Waals surface area contributed by atoms with Crippen LogP contribution >= 0.6 is 0 Å². The van der Waals surface area contributed by atoms with Crippen molar-refractivity contribution in [1.82, 2.24) is 10.3 Å². The van der Waals surface area contributed by atoms with E-state index < -0.39 is 0 Å². The number of hydrogen-bond donors (Lipinski definition) is 2. The van der Waals surface area contributed by atoms with Gasteiger partial charge in [0.25, 0.3) is 0 Å². The Kier molecular flexibility index (Phi) is 5.85. The van der Waals surface area contributed by atoms with Crippen molar-refractivity contribution in [2.24, 2.45) is 11.7 Å². The van der Waals surface area contributed by atoms with E-state index in [0.717, 1.165) is 24.3 Å². The highest BCUT2D eigenvalue weighted by Crippen LogP contribution is 2.10. The fraction of sp³-hybridized carbons (Fsp3) is 0.692. The molecule has 1 unspecified atom stereocenters. The smallest absolute Gasteiger partial charge is 0.220 e. The predicted octanol–water partition coefficient (Wildman–Crippen LogP) is 1.67. The van der Waals surface area contributed by atoms with E-state index in [4.69, 9.17) is 10.2 Å². The summed E-state index contributed by atoms with van der Waals surface area (Å²) in [6, 6.07) is 0. The number of hydrogen-bond acceptors (Lipinski definition) is 4. The largest absolute Gasteiger partial charge is 0.444 e. The molecule has 1 aromatic rings. The predicted molar refractivity (Wildman–Crippen MR) is 69.9 cm³/mol. The lowest BCUT2D eigenvalue weighted by molar-refractivity contribution is -0.121. The van der Waals surface area contributed by atoms with E-state index in [1.165, 1.54) is 0 Å². The lowest BCUT2D eigenvalue weighted by Crippen LogP contribution is -2.23. The average Bonchev–Trinajstić information content (AvgIpc) is 2.64. The zero-order chi connectivity index (χ0) is 13.5. The summed E-state index contributed by atoms with van der Waals surface area (Å²) in [4.78, 5) is 15.8. The number of nitrogens with two attached hydrogens (primary N) is 1. The Morgan fingerprint density at radius 1 is 1.44 bits per heavy atom. The third kappa shape index (κ3) is 4.87. The molecule has 3 N–H and O–H groups in total. The summed E-state index contributed by atoms with van der Waals surface area (Å²) in [5, 5.41) is 2.81. The number of rotatable bonds is 7. The topological polar surface area (TPSA) is 81.2 Å². The van der Waals surface area contributed by atoms with E-state index in [0.29, 0.717) is 31.3 Å². The Bertz CT molecular complexity index is 368. The molecule has 0 spiro atoms. The SMILES string of the molecule is Cc1nc(CNC(=O)CCC(C)CCN)oc1C. The van der Waals surface area contributed by atoms with Crippen LogP contribution in [0.15, 0.2) is 4.42 Å². The number of nitrogens with one attached hydrogen (secondary N) is 1. The molecule has 0 aliphatic heterocycles. The van der Waals surface area contributed by atoms with Gasteiger partial charge in [0.15, 0.2) is 0 Å². The van der Waals surface area contributed by atoms with Crippen molar-refractivity contribution in [3.8, 4) is 0 Å². The lowest BCUT2D eigenvalue weighted by Gasteiger charge is -2.09. The van der Waals surface area contributed by atoms with Crippen molar-refractivity contribution in [2.75, 3.05) is 6.54 Å². The first-order valence-electron chi connectivity index (χ1n) is 6.42. The zero-order valence-electron chi connectivity index (χ0n) is 11.5. The number of nitrogens with zero attached hydrogens (tertiary/aromatic N) is 1. The van der Waals surface area contributed by atoms with Gasteiger partial charge in [0, 0.05) is 6.42 Å². The van der Waals surface area contributed by atoms with Gasteiger partial charge in [-0.05, 0) is 39.2 Å². The molecule has 0 saturated carbocycles. The molecule has 5 heteroatoms. The Labute approximate surface area is 108 Å². The standard InChI is InChI=1S/C13H23N3O2/c1-9(6-7-14)4-5-12(17)15-8-13-16-10(2)11(3)18-13/h9H,4-8,14H2,1-3H3,(H,15,17). The first-order chi connectivity index (χ1) is 8.52. The molecule has 0 aliphatic rings. The maximum atomic E-state index is 11.6. The fourth-order valence-corrected chi connectivity index (χ4v) is 1.68. The van der Waals surface area contributed by atoms with Crippen LogP contribution in [0.25, 0.3) is 0 Å². The minimum atomic E-state index is 0.0346. The van der Waals surface area contributed by atoms with Gasteiger partial charge in [-0.3, -0.25) is 4.79 Å². The molecule has 0 saturated heterocycles. The molecule has 0 aliphatic carbocycles. The molecular formula is C13H23N3O2. The van der Waals surface area contributed by atoms with Gasteiger partial charge in [-0.1, -0.05) is 6.92 Å². The summed E-state index contributed by atoms with van der Waals surface area (Å²) < 4.78 is 5.39. The van der Waals surface area contributed by atoms with Crippen LogP contribution in [0, 0.1) is 19.8 Å². The Hall–Kier alpha value is -1.36. The van der Waals surface area contributed by atoms with Crippen LogP contribution in [-0.4, -0.2) is 17.4 Å². The van der Waals surface area contributed by atoms with Gasteiger partial charge in [-0.25, -0.2) is 4.98 Å². The number of carbonyl (C=O) groups is 1. The van der Waals surface area contributed by atoms with Gasteiger partial charge in [0.2, 0.25) is 11.8 Å². The van der Waals surface area contributed by atoms with Crippen molar-refractivity contribution >= 4 is 5.91 Å². The maximum absolute atomic E-state index is 11.6. The summed E-state index contributed by atoms with van der Waals surface area (Å²) in [6.07, 6.45) is 2.36. The molecule has 5 nitrogen and oxygen atoms in total. The van der Waals surface area contributed by atoms with Crippen molar-refractivity contribution in [2.45, 2.75) is 46.6 Å². The van der Waals surface area contributed by atoms with Crippen LogP contribution in [0.4, 0.5) is 0 Å². The minimum absolute atomic E-state index is 0.0346. The minimum Gasteiger partial charge on any atom is -0.444 e. The summed E-state index contributed by atoms with van der Waals surface area (Å²) >= 11 is 0. The van der Waals surface area contributed by atoms with Gasteiger partial charge < -0.3 is 15.5 Å². The number of carbonyl (C=O) groups excluding carboxylic acids is 1. The number of oxazole rings is 1. The monoisotopic (exact) mass is 253 g/mol. The van der Waals surface area contributed by atoms with Gasteiger partial charge in [0.1, 0.15) is 5.76 Å². The molecule has 0 fully saturated rings. The van der Waals surface area contributed by atoms with Crippen molar-refractivity contribution in [3.63, 3.8) is 0 Å². The molecule has 0 bridgehead atoms. The summed E-state index contributed by atoms with van der Waals surface area (Å²) in [6.45, 7) is 6.90. The maximum Gasteiger partial charge on any atom is 0.220 e. The van der Waals surface area contributed by atoms with Gasteiger partial charge in [-0.15, -0.1) is 0 Å². The van der Waals surface area contributed by atoms with E-state index in [9.17, 15) is 4.79 Å². The van der Waals surface area contributed by atoms with E-state index in [1.807, 2.05) is 13.8 Å². The zero-order valence-corrected chi connectivity index (χ0v) is 11.5. The molecular weight excluding hydrogens is 230 g/mol. The third-order valence-electron chi connectivity index (χ3n) is 3.03. The molecule has 1 heterocycles. The van der Waals surface area contributed by atoms with Crippen molar-refractivity contribution < 1.29 is 9.21 Å². The van der Waals surface area contributed by atoms with Crippen LogP contribution in [-0.2, 0) is 11.3 Å². The van der Waals surface area contributed by atoms with E-state index in [-0.39, 0.29) is 5.91 Å². The summed E-state index contributed by atoms with van der Waals surface area (Å²) in [5.41, 5.74) is 6.34. The van der Waals surface area contributed by atoms with Gasteiger partial charge in [0.05, 0.1) is 12.2 Å².